The number of hydrogen-bond acceptors (Lipinski definition) is 6. The number of nitrogens with one attached hydrogen (secondary N) is 1. The normalized spacial score (nSPS) is 17.1. The SMILES string of the molecule is COc1ccc(N2C(=O)c3cc4ccsc4n3CC2(C)C(=O)NCc2ccccc2OC)c(OC)c1. The third-order valence-electron chi connectivity index (χ3n) is 6.63. The summed E-state index contributed by atoms with van der Waals surface area (Å²) in [5.41, 5.74) is 0.623. The summed E-state index contributed by atoms with van der Waals surface area (Å²) in [6.45, 7) is 2.33. The van der Waals surface area contributed by atoms with Crippen molar-refractivity contribution in [1.29, 1.82) is 0 Å². The second kappa shape index (κ2) is 9.23. The van der Waals surface area contributed by atoms with Crippen LogP contribution in [0.2, 0.25) is 0 Å². The number of rotatable bonds is 7. The Balaban J connectivity index is 1.59. The second-order valence-electron chi connectivity index (χ2n) is 8.74. The third kappa shape index (κ3) is 3.76. The minimum Gasteiger partial charge on any atom is -0.497 e. The summed E-state index contributed by atoms with van der Waals surface area (Å²) in [5, 5.41) is 6.00. The first-order chi connectivity index (χ1) is 17.4. The van der Waals surface area contributed by atoms with Crippen molar-refractivity contribution >= 4 is 39.1 Å². The van der Waals surface area contributed by atoms with Crippen molar-refractivity contribution in [2.45, 2.75) is 25.6 Å². The van der Waals surface area contributed by atoms with Crippen LogP contribution in [0.15, 0.2) is 60.0 Å². The maximum absolute atomic E-state index is 14.0. The number of para-hydroxylation sites is 1. The summed E-state index contributed by atoms with van der Waals surface area (Å²) in [5.74, 6) is 1.15. The van der Waals surface area contributed by atoms with E-state index in [4.69, 9.17) is 14.2 Å². The second-order valence-corrected chi connectivity index (χ2v) is 9.64. The number of thiophene rings is 1. The Morgan fingerprint density at radius 3 is 2.56 bits per heavy atom. The highest BCUT2D eigenvalue weighted by molar-refractivity contribution is 7.16. The van der Waals surface area contributed by atoms with Gasteiger partial charge in [-0.25, -0.2) is 0 Å². The lowest BCUT2D eigenvalue weighted by Crippen LogP contribution is -2.64. The molecule has 186 valence electrons. The van der Waals surface area contributed by atoms with E-state index in [2.05, 4.69) is 5.32 Å². The maximum atomic E-state index is 14.0. The van der Waals surface area contributed by atoms with Crippen LogP contribution in [0.25, 0.3) is 10.2 Å². The van der Waals surface area contributed by atoms with E-state index >= 15 is 0 Å². The molecule has 1 N–H and O–H groups in total. The molecule has 0 radical (unpaired) electrons. The van der Waals surface area contributed by atoms with Crippen molar-refractivity contribution in [3.8, 4) is 17.2 Å². The van der Waals surface area contributed by atoms with Crippen molar-refractivity contribution in [1.82, 2.24) is 9.88 Å². The predicted molar refractivity (Wildman–Crippen MR) is 139 cm³/mol. The molecule has 5 rings (SSSR count). The minimum atomic E-state index is -1.25. The molecule has 1 aliphatic heterocycles. The molecule has 0 saturated heterocycles. The molecule has 1 aliphatic rings. The molecule has 2 aromatic heterocycles. The van der Waals surface area contributed by atoms with Crippen LogP contribution in [-0.2, 0) is 17.9 Å². The molecular weight excluding hydrogens is 478 g/mol. The van der Waals surface area contributed by atoms with Crippen LogP contribution in [0.3, 0.4) is 0 Å². The van der Waals surface area contributed by atoms with E-state index in [1.54, 1.807) is 55.6 Å². The molecule has 4 aromatic rings. The van der Waals surface area contributed by atoms with Gasteiger partial charge in [-0.1, -0.05) is 18.2 Å². The smallest absolute Gasteiger partial charge is 0.276 e. The Labute approximate surface area is 213 Å². The zero-order chi connectivity index (χ0) is 25.4. The van der Waals surface area contributed by atoms with Gasteiger partial charge in [0.25, 0.3) is 5.91 Å². The van der Waals surface area contributed by atoms with Crippen LogP contribution in [0.4, 0.5) is 5.69 Å². The molecule has 1 atom stereocenters. The summed E-state index contributed by atoms with van der Waals surface area (Å²) in [4.78, 5) is 30.5. The molecule has 3 heterocycles. The number of amides is 2. The van der Waals surface area contributed by atoms with Crippen molar-refractivity contribution in [3.63, 3.8) is 0 Å². The number of ether oxygens (including phenoxy) is 3. The lowest BCUT2D eigenvalue weighted by molar-refractivity contribution is -0.126. The molecule has 0 saturated carbocycles. The van der Waals surface area contributed by atoms with E-state index < -0.39 is 5.54 Å². The largest absolute Gasteiger partial charge is 0.497 e. The fourth-order valence-corrected chi connectivity index (χ4v) is 5.66. The average molecular weight is 506 g/mol. The van der Waals surface area contributed by atoms with Gasteiger partial charge in [0.1, 0.15) is 33.3 Å². The standard InChI is InChI=1S/C27H27N3O5S/c1-27(26(32)28-15-18-7-5-6-8-22(18)34-3)16-29-21(13-17-11-12-36-25(17)29)24(31)30(27)20-10-9-19(33-2)14-23(20)35-4/h5-14H,15-16H2,1-4H3,(H,28,32). The lowest BCUT2D eigenvalue weighted by Gasteiger charge is -2.44. The third-order valence-corrected chi connectivity index (χ3v) is 7.58. The number of anilines is 1. The molecule has 0 aliphatic carbocycles. The van der Waals surface area contributed by atoms with Gasteiger partial charge in [0.2, 0.25) is 5.91 Å². The zero-order valence-corrected chi connectivity index (χ0v) is 21.3. The van der Waals surface area contributed by atoms with Crippen LogP contribution in [0.1, 0.15) is 23.0 Å². The number of nitrogens with zero attached hydrogens (tertiary/aromatic N) is 2. The molecule has 36 heavy (non-hydrogen) atoms. The van der Waals surface area contributed by atoms with Gasteiger partial charge in [-0.2, -0.15) is 0 Å². The minimum absolute atomic E-state index is 0.257. The van der Waals surface area contributed by atoms with Gasteiger partial charge in [0.15, 0.2) is 0 Å². The molecule has 0 fully saturated rings. The first-order valence-electron chi connectivity index (χ1n) is 11.4. The summed E-state index contributed by atoms with van der Waals surface area (Å²) >= 11 is 1.55. The summed E-state index contributed by atoms with van der Waals surface area (Å²) < 4.78 is 18.3. The fourth-order valence-electron chi connectivity index (χ4n) is 4.76. The monoisotopic (exact) mass is 505 g/mol. The fraction of sp³-hybridized carbons (Fsp3) is 0.259. The molecular formula is C27H27N3O5S. The van der Waals surface area contributed by atoms with Gasteiger partial charge in [0.05, 0.1) is 33.6 Å². The number of methoxy groups -OCH3 is 3. The Morgan fingerprint density at radius 2 is 1.81 bits per heavy atom. The summed E-state index contributed by atoms with van der Waals surface area (Å²) in [7, 11) is 4.69. The van der Waals surface area contributed by atoms with Crippen molar-refractivity contribution in [3.05, 3.63) is 71.2 Å². The topological polar surface area (TPSA) is 82.0 Å². The van der Waals surface area contributed by atoms with Gasteiger partial charge in [-0.15, -0.1) is 11.3 Å². The van der Waals surface area contributed by atoms with E-state index in [0.29, 0.717) is 28.6 Å². The molecule has 2 aromatic carbocycles. The first kappa shape index (κ1) is 23.7. The zero-order valence-electron chi connectivity index (χ0n) is 20.5. The van der Waals surface area contributed by atoms with Crippen molar-refractivity contribution in [2.24, 2.45) is 0 Å². The van der Waals surface area contributed by atoms with Crippen LogP contribution in [0, 0.1) is 0 Å². The highest BCUT2D eigenvalue weighted by atomic mass is 32.1. The van der Waals surface area contributed by atoms with E-state index in [-0.39, 0.29) is 24.9 Å². The lowest BCUT2D eigenvalue weighted by atomic mass is 9.93. The van der Waals surface area contributed by atoms with Crippen LogP contribution in [0.5, 0.6) is 17.2 Å². The quantitative estimate of drug-likeness (QED) is 0.401. The Kier molecular flexibility index (Phi) is 6.09. The first-order valence-corrected chi connectivity index (χ1v) is 12.3. The Morgan fingerprint density at radius 1 is 1.03 bits per heavy atom. The molecule has 8 nitrogen and oxygen atoms in total. The van der Waals surface area contributed by atoms with Crippen molar-refractivity contribution in [2.75, 3.05) is 26.2 Å². The van der Waals surface area contributed by atoms with E-state index in [1.807, 2.05) is 46.3 Å². The maximum Gasteiger partial charge on any atom is 0.276 e. The highest BCUT2D eigenvalue weighted by Gasteiger charge is 2.49. The van der Waals surface area contributed by atoms with Crippen LogP contribution < -0.4 is 24.4 Å². The predicted octanol–water partition coefficient (Wildman–Crippen LogP) is 4.46. The van der Waals surface area contributed by atoms with Crippen molar-refractivity contribution < 1.29 is 23.8 Å². The average Bonchev–Trinajstić information content (AvgIpc) is 3.50. The van der Waals surface area contributed by atoms with Gasteiger partial charge in [-0.05, 0) is 42.6 Å². The van der Waals surface area contributed by atoms with Gasteiger partial charge in [0, 0.05) is 23.6 Å². The molecule has 0 spiro atoms. The van der Waals surface area contributed by atoms with Gasteiger partial charge in [-0.3, -0.25) is 14.5 Å². The number of aromatic nitrogens is 1. The number of carbonyl (C=O) groups excluding carboxylic acids is 2. The summed E-state index contributed by atoms with van der Waals surface area (Å²) in [6, 6.07) is 16.6. The molecule has 2 amide bonds. The van der Waals surface area contributed by atoms with E-state index in [0.717, 1.165) is 15.8 Å². The van der Waals surface area contributed by atoms with Crippen LogP contribution in [-0.4, -0.2) is 43.2 Å². The number of benzene rings is 2. The van der Waals surface area contributed by atoms with Crippen LogP contribution >= 0.6 is 11.3 Å². The summed E-state index contributed by atoms with van der Waals surface area (Å²) in [6.07, 6.45) is 0. The number of carbonyl (C=O) groups is 2. The van der Waals surface area contributed by atoms with E-state index in [1.165, 1.54) is 7.11 Å². The van der Waals surface area contributed by atoms with Gasteiger partial charge >= 0.3 is 0 Å². The molecule has 0 bridgehead atoms. The Hall–Kier alpha value is -3.98. The number of fused-ring (bicyclic) bond motifs is 3. The Bertz CT molecular complexity index is 1460. The highest BCUT2D eigenvalue weighted by Crippen LogP contribution is 2.42. The van der Waals surface area contributed by atoms with Gasteiger partial charge < -0.3 is 24.1 Å². The number of hydrogen-bond donors (Lipinski definition) is 1. The molecule has 1 unspecified atom stereocenters. The van der Waals surface area contributed by atoms with E-state index in [9.17, 15) is 9.59 Å². The molecule has 9 heteroatoms.